The van der Waals surface area contributed by atoms with Crippen LogP contribution in [0.4, 0.5) is 11.4 Å². The Kier molecular flexibility index (Phi) is 7.03. The minimum absolute atomic E-state index is 0.0681. The Bertz CT molecular complexity index is 1080. The Hall–Kier alpha value is -3.66. The lowest BCUT2D eigenvalue weighted by Crippen LogP contribution is -2.28. The van der Waals surface area contributed by atoms with Crippen LogP contribution in [0.2, 0.25) is 0 Å². The molecule has 0 fully saturated rings. The van der Waals surface area contributed by atoms with Gasteiger partial charge in [0.05, 0.1) is 17.5 Å². The van der Waals surface area contributed by atoms with Crippen LogP contribution in [-0.4, -0.2) is 59.3 Å². The zero-order valence-electron chi connectivity index (χ0n) is 17.7. The van der Waals surface area contributed by atoms with Gasteiger partial charge < -0.3 is 19.7 Å². The van der Waals surface area contributed by atoms with E-state index in [1.165, 1.54) is 18.2 Å². The number of hydrogen-bond acceptors (Lipinski definition) is 7. The predicted octanol–water partition coefficient (Wildman–Crippen LogP) is 3.45. The smallest absolute Gasteiger partial charge is 0.276 e. The summed E-state index contributed by atoms with van der Waals surface area (Å²) >= 11 is 0. The summed E-state index contributed by atoms with van der Waals surface area (Å²) in [6.07, 6.45) is 0. The fraction of sp³-hybridized carbons (Fsp3) is 0.333. The molecule has 0 aliphatic carbocycles. The Labute approximate surface area is 179 Å². The fourth-order valence-electron chi connectivity index (χ4n) is 3.17. The van der Waals surface area contributed by atoms with Gasteiger partial charge in [0.15, 0.2) is 17.2 Å². The number of nitrogens with zero attached hydrogens (tertiary/aromatic N) is 3. The number of ether oxygens (including phenoxy) is 2. The first-order chi connectivity index (χ1) is 15.0. The molecule has 1 heterocycles. The first-order valence-electron chi connectivity index (χ1n) is 9.93. The molecule has 0 saturated carbocycles. The SMILES string of the molecule is CCN(CC)CCOc1cc(NC(=O)c2n[nH]c3ccc([N+](=O)[O-])cc23)ccc1OC. The molecule has 10 heteroatoms. The summed E-state index contributed by atoms with van der Waals surface area (Å²) in [5, 5.41) is 20.9. The number of likely N-dealkylation sites (N-methyl/N-ethyl adjacent to an activating group) is 1. The number of fused-ring (bicyclic) bond motifs is 1. The van der Waals surface area contributed by atoms with Crippen molar-refractivity contribution in [3.05, 3.63) is 52.2 Å². The van der Waals surface area contributed by atoms with Gasteiger partial charge in [0.2, 0.25) is 0 Å². The quantitative estimate of drug-likeness (QED) is 0.375. The molecule has 164 valence electrons. The maximum atomic E-state index is 12.8. The van der Waals surface area contributed by atoms with E-state index in [1.807, 2.05) is 0 Å². The molecule has 0 unspecified atom stereocenters. The summed E-state index contributed by atoms with van der Waals surface area (Å²) in [6.45, 7) is 7.29. The second-order valence-electron chi connectivity index (χ2n) is 6.75. The highest BCUT2D eigenvalue weighted by Gasteiger charge is 2.18. The molecule has 0 bridgehead atoms. The Morgan fingerprint density at radius 2 is 1.97 bits per heavy atom. The van der Waals surface area contributed by atoms with Crippen molar-refractivity contribution in [3.8, 4) is 11.5 Å². The van der Waals surface area contributed by atoms with Crippen molar-refractivity contribution in [3.63, 3.8) is 0 Å². The Balaban J connectivity index is 1.77. The van der Waals surface area contributed by atoms with Gasteiger partial charge in [0.25, 0.3) is 11.6 Å². The third-order valence-corrected chi connectivity index (χ3v) is 4.95. The average Bonchev–Trinajstić information content (AvgIpc) is 3.20. The van der Waals surface area contributed by atoms with Crippen LogP contribution < -0.4 is 14.8 Å². The molecule has 0 aliphatic heterocycles. The number of non-ortho nitro benzene ring substituents is 1. The van der Waals surface area contributed by atoms with E-state index in [0.717, 1.165) is 19.6 Å². The molecule has 0 radical (unpaired) electrons. The minimum atomic E-state index is -0.514. The lowest BCUT2D eigenvalue weighted by molar-refractivity contribution is -0.384. The van der Waals surface area contributed by atoms with Gasteiger partial charge in [-0.05, 0) is 31.3 Å². The van der Waals surface area contributed by atoms with Gasteiger partial charge in [-0.15, -0.1) is 0 Å². The first-order valence-corrected chi connectivity index (χ1v) is 9.93. The summed E-state index contributed by atoms with van der Waals surface area (Å²) < 4.78 is 11.2. The molecule has 0 aliphatic rings. The van der Waals surface area contributed by atoms with Gasteiger partial charge >= 0.3 is 0 Å². The molecule has 2 N–H and O–H groups in total. The number of aromatic nitrogens is 2. The number of methoxy groups -OCH3 is 1. The Morgan fingerprint density at radius 3 is 2.65 bits per heavy atom. The highest BCUT2D eigenvalue weighted by atomic mass is 16.6. The number of aromatic amines is 1. The molecule has 0 spiro atoms. The number of anilines is 1. The van der Waals surface area contributed by atoms with Gasteiger partial charge in [0.1, 0.15) is 6.61 Å². The predicted molar refractivity (Wildman–Crippen MR) is 117 cm³/mol. The van der Waals surface area contributed by atoms with Gasteiger partial charge in [-0.2, -0.15) is 5.10 Å². The topological polar surface area (TPSA) is 123 Å². The molecule has 1 amide bonds. The van der Waals surface area contributed by atoms with Crippen molar-refractivity contribution in [2.24, 2.45) is 0 Å². The third kappa shape index (κ3) is 5.10. The van der Waals surface area contributed by atoms with Gasteiger partial charge in [-0.1, -0.05) is 13.8 Å². The zero-order chi connectivity index (χ0) is 22.4. The minimum Gasteiger partial charge on any atom is -0.493 e. The molecule has 2 aromatic carbocycles. The van der Waals surface area contributed by atoms with E-state index < -0.39 is 10.8 Å². The first kappa shape index (κ1) is 22.0. The average molecular weight is 427 g/mol. The highest BCUT2D eigenvalue weighted by molar-refractivity contribution is 6.11. The number of carbonyl (C=O) groups is 1. The third-order valence-electron chi connectivity index (χ3n) is 4.95. The normalized spacial score (nSPS) is 11.0. The van der Waals surface area contributed by atoms with Crippen molar-refractivity contribution in [2.75, 3.05) is 38.7 Å². The molecule has 1 aromatic heterocycles. The molecular formula is C21H25N5O5. The zero-order valence-corrected chi connectivity index (χ0v) is 17.7. The van der Waals surface area contributed by atoms with E-state index in [1.54, 1.807) is 25.3 Å². The summed E-state index contributed by atoms with van der Waals surface area (Å²) in [4.78, 5) is 25.5. The van der Waals surface area contributed by atoms with Gasteiger partial charge in [0, 0.05) is 35.8 Å². The molecular weight excluding hydrogens is 402 g/mol. The Morgan fingerprint density at radius 1 is 1.19 bits per heavy atom. The number of nitrogens with one attached hydrogen (secondary N) is 2. The van der Waals surface area contributed by atoms with E-state index in [0.29, 0.717) is 34.7 Å². The van der Waals surface area contributed by atoms with E-state index in [9.17, 15) is 14.9 Å². The second-order valence-corrected chi connectivity index (χ2v) is 6.75. The number of benzene rings is 2. The largest absolute Gasteiger partial charge is 0.493 e. The highest BCUT2D eigenvalue weighted by Crippen LogP contribution is 2.31. The number of amides is 1. The lowest BCUT2D eigenvalue weighted by Gasteiger charge is -2.19. The van der Waals surface area contributed by atoms with E-state index in [4.69, 9.17) is 9.47 Å². The van der Waals surface area contributed by atoms with Crippen LogP contribution in [0.1, 0.15) is 24.3 Å². The van der Waals surface area contributed by atoms with Crippen molar-refractivity contribution in [1.82, 2.24) is 15.1 Å². The van der Waals surface area contributed by atoms with Crippen molar-refractivity contribution in [1.29, 1.82) is 0 Å². The number of nitro benzene ring substituents is 1. The molecule has 0 atom stereocenters. The van der Waals surface area contributed by atoms with Gasteiger partial charge in [-0.25, -0.2) is 0 Å². The van der Waals surface area contributed by atoms with Crippen LogP contribution >= 0.6 is 0 Å². The number of rotatable bonds is 10. The van der Waals surface area contributed by atoms with Crippen LogP contribution in [0, 0.1) is 10.1 Å². The van der Waals surface area contributed by atoms with E-state index >= 15 is 0 Å². The van der Waals surface area contributed by atoms with Crippen LogP contribution in [-0.2, 0) is 0 Å². The maximum Gasteiger partial charge on any atom is 0.276 e. The van der Waals surface area contributed by atoms with Crippen LogP contribution in [0.5, 0.6) is 11.5 Å². The number of nitro groups is 1. The van der Waals surface area contributed by atoms with Crippen LogP contribution in [0.3, 0.4) is 0 Å². The fourth-order valence-corrected chi connectivity index (χ4v) is 3.17. The molecule has 31 heavy (non-hydrogen) atoms. The monoisotopic (exact) mass is 427 g/mol. The van der Waals surface area contributed by atoms with E-state index in [2.05, 4.69) is 34.3 Å². The number of H-pyrrole nitrogens is 1. The summed E-state index contributed by atoms with van der Waals surface area (Å²) in [6, 6.07) is 9.26. The van der Waals surface area contributed by atoms with Gasteiger partial charge in [-0.3, -0.25) is 20.0 Å². The molecule has 0 saturated heterocycles. The molecule has 3 aromatic rings. The van der Waals surface area contributed by atoms with Crippen molar-refractivity contribution < 1.29 is 19.2 Å². The van der Waals surface area contributed by atoms with Crippen molar-refractivity contribution >= 4 is 28.2 Å². The molecule has 10 nitrogen and oxygen atoms in total. The summed E-state index contributed by atoms with van der Waals surface area (Å²) in [7, 11) is 1.55. The van der Waals surface area contributed by atoms with E-state index in [-0.39, 0.29) is 11.4 Å². The van der Waals surface area contributed by atoms with Crippen molar-refractivity contribution in [2.45, 2.75) is 13.8 Å². The number of hydrogen-bond donors (Lipinski definition) is 2. The molecule has 3 rings (SSSR count). The summed E-state index contributed by atoms with van der Waals surface area (Å²) in [5.41, 5.74) is 0.978. The summed E-state index contributed by atoms with van der Waals surface area (Å²) in [5.74, 6) is 0.569. The maximum absolute atomic E-state index is 12.8. The number of carbonyl (C=O) groups excluding carboxylic acids is 1. The lowest BCUT2D eigenvalue weighted by atomic mass is 10.2. The van der Waals surface area contributed by atoms with Crippen LogP contribution in [0.15, 0.2) is 36.4 Å². The standard InChI is InChI=1S/C21H25N5O5/c1-4-25(5-2)10-11-31-19-12-14(6-9-18(19)30-3)22-21(27)20-16-13-15(26(28)29)7-8-17(16)23-24-20/h6-9,12-13H,4-5,10-11H2,1-3H3,(H,22,27)(H,23,24). The van der Waals surface area contributed by atoms with Crippen LogP contribution in [0.25, 0.3) is 10.9 Å². The second kappa shape index (κ2) is 9.90.